The van der Waals surface area contributed by atoms with Crippen molar-refractivity contribution in [2.24, 2.45) is 5.73 Å². The molecule has 13 nitrogen and oxygen atoms in total. The van der Waals surface area contributed by atoms with E-state index in [-0.39, 0.29) is 43.6 Å². The molecule has 14 heteroatoms. The lowest BCUT2D eigenvalue weighted by atomic mass is 10.0. The summed E-state index contributed by atoms with van der Waals surface area (Å²) in [5.41, 5.74) is 6.89. The largest absolute Gasteiger partial charge is 0.508 e. The number of nitrogens with one attached hydrogen (secondary N) is 3. The van der Waals surface area contributed by atoms with Crippen molar-refractivity contribution in [1.29, 1.82) is 0 Å². The van der Waals surface area contributed by atoms with E-state index in [0.29, 0.717) is 16.9 Å². The molecule has 9 N–H and O–H groups in total. The molecule has 0 aromatic heterocycles. The molecule has 2 aromatic carbocycles. The summed E-state index contributed by atoms with van der Waals surface area (Å²) in [6.45, 7) is 0. The molecule has 0 aliphatic carbocycles. The minimum atomic E-state index is -1.36. The third-order valence-corrected chi connectivity index (χ3v) is 6.89. The van der Waals surface area contributed by atoms with Crippen molar-refractivity contribution in [3.05, 3.63) is 59.7 Å². The van der Waals surface area contributed by atoms with Crippen LogP contribution < -0.4 is 21.7 Å². The van der Waals surface area contributed by atoms with Gasteiger partial charge in [-0.15, -0.1) is 0 Å². The minimum absolute atomic E-state index is 0.00250. The average Bonchev–Trinajstić information content (AvgIpc) is 2.95. The Morgan fingerprint density at radius 3 is 1.64 bits per heavy atom. The lowest BCUT2D eigenvalue weighted by Crippen LogP contribution is -2.58. The summed E-state index contributed by atoms with van der Waals surface area (Å²) in [6.07, 6.45) is 1.35. The molecule has 2 aromatic rings. The number of benzene rings is 2. The molecule has 3 amide bonds. The number of carboxylic acids is 2. The van der Waals surface area contributed by atoms with Gasteiger partial charge in [0.2, 0.25) is 17.7 Å². The number of phenols is 2. The number of phenolic OH excluding ortho intramolecular Hbond substituents is 2. The zero-order valence-electron chi connectivity index (χ0n) is 23.0. The number of carboxylic acid groups (broad SMARTS) is 2. The van der Waals surface area contributed by atoms with Crippen LogP contribution in [-0.2, 0) is 36.8 Å². The summed E-state index contributed by atoms with van der Waals surface area (Å²) in [5.74, 6) is -4.22. The van der Waals surface area contributed by atoms with Gasteiger partial charge in [-0.25, -0.2) is 4.79 Å². The quantitative estimate of drug-likeness (QED) is 0.123. The summed E-state index contributed by atoms with van der Waals surface area (Å²) in [6, 6.07) is 6.80. The molecule has 0 radical (unpaired) electrons. The number of nitrogens with two attached hydrogens (primary N) is 1. The molecule has 0 aliphatic rings. The van der Waals surface area contributed by atoms with E-state index >= 15 is 0 Å². The highest BCUT2D eigenvalue weighted by molar-refractivity contribution is 7.98. The van der Waals surface area contributed by atoms with Gasteiger partial charge in [0, 0.05) is 19.3 Å². The predicted molar refractivity (Wildman–Crippen MR) is 155 cm³/mol. The van der Waals surface area contributed by atoms with Crippen LogP contribution >= 0.6 is 11.8 Å². The summed E-state index contributed by atoms with van der Waals surface area (Å²) < 4.78 is 0. The van der Waals surface area contributed by atoms with Crippen LogP contribution in [0.1, 0.15) is 30.4 Å². The summed E-state index contributed by atoms with van der Waals surface area (Å²) in [4.78, 5) is 62.1. The molecule has 0 bridgehead atoms. The molecule has 228 valence electrons. The summed E-state index contributed by atoms with van der Waals surface area (Å²) >= 11 is 1.42. The van der Waals surface area contributed by atoms with E-state index < -0.39 is 53.8 Å². The van der Waals surface area contributed by atoms with Crippen molar-refractivity contribution in [2.75, 3.05) is 12.0 Å². The van der Waals surface area contributed by atoms with E-state index in [1.54, 1.807) is 18.4 Å². The Balaban J connectivity index is 2.25. The lowest BCUT2D eigenvalue weighted by molar-refractivity contribution is -0.142. The van der Waals surface area contributed by atoms with E-state index in [4.69, 9.17) is 10.8 Å². The maximum absolute atomic E-state index is 13.4. The Morgan fingerprint density at radius 2 is 1.17 bits per heavy atom. The molecule has 42 heavy (non-hydrogen) atoms. The van der Waals surface area contributed by atoms with E-state index in [1.807, 2.05) is 0 Å². The number of hydrogen-bond acceptors (Lipinski definition) is 9. The van der Waals surface area contributed by atoms with Crippen molar-refractivity contribution in [3.63, 3.8) is 0 Å². The number of aliphatic carboxylic acids is 2. The first-order valence-electron chi connectivity index (χ1n) is 13.1. The molecular formula is C28H36N4O9S. The normalized spacial score (nSPS) is 13.7. The van der Waals surface area contributed by atoms with E-state index in [2.05, 4.69) is 16.0 Å². The van der Waals surface area contributed by atoms with Crippen LogP contribution in [0.25, 0.3) is 0 Å². The molecule has 4 unspecified atom stereocenters. The highest BCUT2D eigenvalue weighted by Gasteiger charge is 2.30. The number of hydrogen-bond donors (Lipinski definition) is 8. The fraction of sp³-hybridized carbons (Fsp3) is 0.393. The molecule has 0 spiro atoms. The standard InChI is InChI=1S/C28H36N4O9S/c1-42-13-12-21(30-25(37)20(29)10-11-24(35)36)26(38)31-22(14-16-2-6-18(33)7-3-16)27(39)32-23(28(40)41)15-17-4-8-19(34)9-5-17/h2-9,20-23,33-34H,10-15,29H2,1H3,(H,30,37)(H,31,38)(H,32,39)(H,35,36)(H,40,41). The van der Waals surface area contributed by atoms with Gasteiger partial charge < -0.3 is 42.1 Å². The summed E-state index contributed by atoms with van der Waals surface area (Å²) in [5, 5.41) is 45.3. The van der Waals surface area contributed by atoms with Crippen LogP contribution in [0.5, 0.6) is 11.5 Å². The molecular weight excluding hydrogens is 568 g/mol. The molecule has 0 saturated heterocycles. The zero-order chi connectivity index (χ0) is 31.2. The smallest absolute Gasteiger partial charge is 0.326 e. The first-order chi connectivity index (χ1) is 19.9. The molecule has 0 heterocycles. The van der Waals surface area contributed by atoms with Crippen LogP contribution in [0.3, 0.4) is 0 Å². The van der Waals surface area contributed by atoms with Crippen molar-refractivity contribution in [3.8, 4) is 11.5 Å². The number of rotatable bonds is 17. The van der Waals surface area contributed by atoms with Gasteiger partial charge in [-0.1, -0.05) is 24.3 Å². The molecule has 0 aliphatic heterocycles. The maximum Gasteiger partial charge on any atom is 0.326 e. The highest BCUT2D eigenvalue weighted by Crippen LogP contribution is 2.14. The van der Waals surface area contributed by atoms with Crippen LogP contribution in [0, 0.1) is 0 Å². The first kappa shape index (κ1) is 33.9. The van der Waals surface area contributed by atoms with Crippen molar-refractivity contribution >= 4 is 41.4 Å². The molecule has 2 rings (SSSR count). The predicted octanol–water partition coefficient (Wildman–Crippen LogP) is 0.367. The number of thioether (sulfide) groups is 1. The fourth-order valence-electron chi connectivity index (χ4n) is 3.88. The fourth-order valence-corrected chi connectivity index (χ4v) is 4.35. The van der Waals surface area contributed by atoms with Gasteiger partial charge in [-0.3, -0.25) is 19.2 Å². The Labute approximate surface area is 246 Å². The third-order valence-electron chi connectivity index (χ3n) is 6.25. The van der Waals surface area contributed by atoms with Crippen molar-refractivity contribution in [2.45, 2.75) is 56.3 Å². The lowest BCUT2D eigenvalue weighted by Gasteiger charge is -2.25. The minimum Gasteiger partial charge on any atom is -0.508 e. The van der Waals surface area contributed by atoms with Gasteiger partial charge in [-0.2, -0.15) is 11.8 Å². The Morgan fingerprint density at radius 1 is 0.714 bits per heavy atom. The molecule has 0 fully saturated rings. The Bertz CT molecular complexity index is 1220. The Hall–Kier alpha value is -4.30. The number of aromatic hydroxyl groups is 2. The van der Waals surface area contributed by atoms with Crippen LogP contribution in [0.2, 0.25) is 0 Å². The molecule has 0 saturated carbocycles. The van der Waals surface area contributed by atoms with E-state index in [1.165, 1.54) is 48.2 Å². The molecule has 4 atom stereocenters. The monoisotopic (exact) mass is 604 g/mol. The van der Waals surface area contributed by atoms with Gasteiger partial charge in [-0.05, 0) is 60.2 Å². The van der Waals surface area contributed by atoms with Gasteiger partial charge in [0.15, 0.2) is 0 Å². The Kier molecular flexibility index (Phi) is 13.6. The van der Waals surface area contributed by atoms with Gasteiger partial charge in [0.05, 0.1) is 6.04 Å². The van der Waals surface area contributed by atoms with Gasteiger partial charge in [0.1, 0.15) is 29.6 Å². The second-order valence-corrected chi connectivity index (χ2v) is 10.6. The van der Waals surface area contributed by atoms with Crippen molar-refractivity contribution in [1.82, 2.24) is 16.0 Å². The first-order valence-corrected chi connectivity index (χ1v) is 14.4. The highest BCUT2D eigenvalue weighted by atomic mass is 32.2. The van der Waals surface area contributed by atoms with Crippen molar-refractivity contribution < 1.29 is 44.4 Å². The number of carbonyl (C=O) groups excluding carboxylic acids is 3. The second kappa shape index (κ2) is 16.8. The van der Waals surface area contributed by atoms with Gasteiger partial charge in [0.25, 0.3) is 0 Å². The van der Waals surface area contributed by atoms with Gasteiger partial charge >= 0.3 is 11.9 Å². The SMILES string of the molecule is CSCCC(NC(=O)C(N)CCC(=O)O)C(=O)NC(Cc1ccc(O)cc1)C(=O)NC(Cc1ccc(O)cc1)C(=O)O. The maximum atomic E-state index is 13.4. The van der Waals surface area contributed by atoms with E-state index in [9.17, 15) is 39.3 Å². The zero-order valence-corrected chi connectivity index (χ0v) is 23.8. The second-order valence-electron chi connectivity index (χ2n) is 9.58. The van der Waals surface area contributed by atoms with Crippen LogP contribution in [0.4, 0.5) is 0 Å². The van der Waals surface area contributed by atoms with Crippen LogP contribution in [0.15, 0.2) is 48.5 Å². The topological polar surface area (TPSA) is 228 Å². The average molecular weight is 605 g/mol. The number of carbonyl (C=O) groups is 5. The third kappa shape index (κ3) is 11.7. The number of amides is 3. The summed E-state index contributed by atoms with van der Waals surface area (Å²) in [7, 11) is 0. The van der Waals surface area contributed by atoms with Crippen LogP contribution in [-0.4, -0.2) is 86.3 Å². The van der Waals surface area contributed by atoms with E-state index in [0.717, 1.165) is 0 Å².